The number of hydrogen-bond acceptors (Lipinski definition) is 6. The van der Waals surface area contributed by atoms with Crippen LogP contribution in [-0.2, 0) is 9.53 Å². The maximum Gasteiger partial charge on any atom is 0.340 e. The van der Waals surface area contributed by atoms with Gasteiger partial charge in [0, 0.05) is 25.4 Å². The summed E-state index contributed by atoms with van der Waals surface area (Å²) < 4.78 is 15.7. The summed E-state index contributed by atoms with van der Waals surface area (Å²) >= 11 is 0. The van der Waals surface area contributed by atoms with E-state index in [-0.39, 0.29) is 23.4 Å². The Labute approximate surface area is 163 Å². The highest BCUT2D eigenvalue weighted by Gasteiger charge is 2.30. The Morgan fingerprint density at radius 2 is 1.71 bits per heavy atom. The molecule has 150 valence electrons. The molecule has 2 rings (SSSR count). The quantitative estimate of drug-likeness (QED) is 0.444. The largest absolute Gasteiger partial charge is 0.493 e. The van der Waals surface area contributed by atoms with Crippen molar-refractivity contribution < 1.29 is 28.6 Å². The number of rotatable bonds is 7. The minimum Gasteiger partial charge on any atom is -0.493 e. The fourth-order valence-electron chi connectivity index (χ4n) is 2.84. The average molecular weight is 388 g/mol. The number of methoxy groups -OCH3 is 2. The fraction of sp³-hybridized carbons (Fsp3) is 0.350. The van der Waals surface area contributed by atoms with Crippen molar-refractivity contribution in [3.05, 3.63) is 35.2 Å². The number of carbonyl (C=O) groups is 3. The molecule has 0 atom stereocenters. The van der Waals surface area contributed by atoms with Crippen LogP contribution in [0.4, 0.5) is 0 Å². The van der Waals surface area contributed by atoms with Crippen molar-refractivity contribution >= 4 is 17.7 Å². The molecular formula is C20H24N2O6. The van der Waals surface area contributed by atoms with Gasteiger partial charge >= 0.3 is 5.97 Å². The summed E-state index contributed by atoms with van der Waals surface area (Å²) in [5, 5.41) is 0. The predicted molar refractivity (Wildman–Crippen MR) is 103 cm³/mol. The van der Waals surface area contributed by atoms with Crippen molar-refractivity contribution in [2.45, 2.75) is 13.8 Å². The van der Waals surface area contributed by atoms with Gasteiger partial charge in [0.25, 0.3) is 11.7 Å². The molecule has 1 heterocycles. The lowest BCUT2D eigenvalue weighted by Crippen LogP contribution is -2.30. The molecule has 0 bridgehead atoms. The first kappa shape index (κ1) is 21.0. The van der Waals surface area contributed by atoms with Crippen molar-refractivity contribution in [3.63, 3.8) is 0 Å². The number of nitrogens with one attached hydrogen (secondary N) is 1. The summed E-state index contributed by atoms with van der Waals surface area (Å²) in [6.45, 7) is 3.51. The van der Waals surface area contributed by atoms with Crippen LogP contribution in [0.15, 0.2) is 18.2 Å². The van der Waals surface area contributed by atoms with E-state index in [0.717, 1.165) is 0 Å². The van der Waals surface area contributed by atoms with Crippen LogP contribution >= 0.6 is 0 Å². The summed E-state index contributed by atoms with van der Waals surface area (Å²) in [5.41, 5.74) is 1.45. The number of benzene rings is 1. The molecule has 0 aliphatic heterocycles. The number of ether oxygens (including phenoxy) is 3. The zero-order valence-corrected chi connectivity index (χ0v) is 16.8. The maximum atomic E-state index is 12.8. The number of carbonyl (C=O) groups excluding carboxylic acids is 3. The number of hydrogen-bond donors (Lipinski definition) is 1. The number of amides is 1. The molecule has 8 nitrogen and oxygen atoms in total. The van der Waals surface area contributed by atoms with E-state index in [1.54, 1.807) is 32.0 Å². The molecule has 0 unspecified atom stereocenters. The van der Waals surface area contributed by atoms with Crippen LogP contribution in [0.3, 0.4) is 0 Å². The van der Waals surface area contributed by atoms with Crippen LogP contribution in [-0.4, -0.2) is 62.5 Å². The van der Waals surface area contributed by atoms with E-state index < -0.39 is 17.7 Å². The number of aromatic amines is 1. The Morgan fingerprint density at radius 1 is 1.07 bits per heavy atom. The Bertz CT molecular complexity index is 914. The normalized spacial score (nSPS) is 10.4. The lowest BCUT2D eigenvalue weighted by Gasteiger charge is -2.13. The second-order valence-electron chi connectivity index (χ2n) is 6.19. The van der Waals surface area contributed by atoms with Gasteiger partial charge in [0.1, 0.15) is 5.69 Å². The van der Waals surface area contributed by atoms with Crippen molar-refractivity contribution in [1.29, 1.82) is 0 Å². The van der Waals surface area contributed by atoms with Crippen molar-refractivity contribution in [2.75, 3.05) is 34.9 Å². The van der Waals surface area contributed by atoms with Crippen LogP contribution in [0.25, 0.3) is 11.1 Å². The summed E-state index contributed by atoms with van der Waals surface area (Å²) in [4.78, 5) is 41.7. The predicted octanol–water partition coefficient (Wildman–Crippen LogP) is 2.45. The van der Waals surface area contributed by atoms with E-state index in [2.05, 4.69) is 4.98 Å². The topological polar surface area (TPSA) is 97.9 Å². The van der Waals surface area contributed by atoms with Gasteiger partial charge in [-0.1, -0.05) is 6.07 Å². The maximum absolute atomic E-state index is 12.8. The Kier molecular flexibility index (Phi) is 6.45. The Hall–Kier alpha value is -3.29. The number of Topliss-reactive ketones (excluding diaryl/α,β-unsaturated/α-hetero) is 1. The first-order valence-corrected chi connectivity index (χ1v) is 8.64. The molecule has 1 aromatic heterocycles. The van der Waals surface area contributed by atoms with Gasteiger partial charge in [-0.05, 0) is 31.5 Å². The third-order valence-corrected chi connectivity index (χ3v) is 4.17. The smallest absolute Gasteiger partial charge is 0.340 e. The van der Waals surface area contributed by atoms with E-state index in [4.69, 9.17) is 14.2 Å². The second-order valence-corrected chi connectivity index (χ2v) is 6.19. The first-order valence-electron chi connectivity index (χ1n) is 8.64. The van der Waals surface area contributed by atoms with E-state index in [1.165, 1.54) is 33.2 Å². The molecule has 2 aromatic rings. The summed E-state index contributed by atoms with van der Waals surface area (Å²) in [5.74, 6) is -1.14. The van der Waals surface area contributed by atoms with Gasteiger partial charge in [-0.15, -0.1) is 0 Å². The van der Waals surface area contributed by atoms with Gasteiger partial charge in [-0.2, -0.15) is 0 Å². The molecule has 8 heteroatoms. The lowest BCUT2D eigenvalue weighted by atomic mass is 9.97. The molecule has 0 aliphatic rings. The van der Waals surface area contributed by atoms with Gasteiger partial charge < -0.3 is 24.1 Å². The number of nitrogens with zero attached hydrogens (tertiary/aromatic N) is 1. The highest BCUT2D eigenvalue weighted by Crippen LogP contribution is 2.37. The highest BCUT2D eigenvalue weighted by molar-refractivity contribution is 6.43. The molecule has 0 saturated carbocycles. The number of esters is 1. The number of aromatic nitrogens is 1. The number of ketones is 1. The summed E-state index contributed by atoms with van der Waals surface area (Å²) in [6, 6.07) is 4.98. The zero-order valence-electron chi connectivity index (χ0n) is 16.8. The second kappa shape index (κ2) is 8.60. The Morgan fingerprint density at radius 3 is 2.25 bits per heavy atom. The van der Waals surface area contributed by atoms with Crippen LogP contribution in [0.2, 0.25) is 0 Å². The molecule has 0 fully saturated rings. The minimum absolute atomic E-state index is 0.0199. The van der Waals surface area contributed by atoms with Gasteiger partial charge in [0.05, 0.1) is 26.4 Å². The summed E-state index contributed by atoms with van der Waals surface area (Å²) in [7, 11) is 5.96. The van der Waals surface area contributed by atoms with Crippen LogP contribution in [0.1, 0.15) is 33.5 Å². The van der Waals surface area contributed by atoms with Crippen LogP contribution in [0, 0.1) is 6.92 Å². The molecule has 1 N–H and O–H groups in total. The average Bonchev–Trinajstić information content (AvgIpc) is 3.03. The molecular weight excluding hydrogens is 364 g/mol. The third kappa shape index (κ3) is 3.85. The SMILES string of the molecule is CCOC(=O)c1c(C)[nH]c(C(=O)C(=O)N(C)C)c1-c1ccc(OC)c(OC)c1. The molecule has 1 aromatic carbocycles. The van der Waals surface area contributed by atoms with Crippen molar-refractivity contribution in [1.82, 2.24) is 9.88 Å². The van der Waals surface area contributed by atoms with E-state index in [1.807, 2.05) is 0 Å². The minimum atomic E-state index is -0.756. The van der Waals surface area contributed by atoms with Gasteiger partial charge in [-0.25, -0.2) is 4.79 Å². The summed E-state index contributed by atoms with van der Waals surface area (Å²) in [6.07, 6.45) is 0. The fourth-order valence-corrected chi connectivity index (χ4v) is 2.84. The van der Waals surface area contributed by atoms with Crippen LogP contribution in [0.5, 0.6) is 11.5 Å². The molecule has 0 radical (unpaired) electrons. The molecule has 28 heavy (non-hydrogen) atoms. The van der Waals surface area contributed by atoms with E-state index in [0.29, 0.717) is 22.8 Å². The van der Waals surface area contributed by atoms with Crippen molar-refractivity contribution in [2.24, 2.45) is 0 Å². The van der Waals surface area contributed by atoms with Crippen molar-refractivity contribution in [3.8, 4) is 22.6 Å². The van der Waals surface area contributed by atoms with E-state index in [9.17, 15) is 14.4 Å². The standard InChI is InChI=1S/C20H24N2O6/c1-7-28-20(25)15-11(2)21-17(18(23)19(24)22(3)4)16(15)12-8-9-13(26-5)14(10-12)27-6/h8-10,21H,7H2,1-6H3. The molecule has 0 saturated heterocycles. The number of H-pyrrole nitrogens is 1. The highest BCUT2D eigenvalue weighted by atomic mass is 16.5. The van der Waals surface area contributed by atoms with Gasteiger partial charge in [0.15, 0.2) is 11.5 Å². The lowest BCUT2D eigenvalue weighted by molar-refractivity contribution is -0.124. The third-order valence-electron chi connectivity index (χ3n) is 4.17. The number of likely N-dealkylation sites (N-methyl/N-ethyl adjacent to an activating group) is 1. The van der Waals surface area contributed by atoms with Gasteiger partial charge in [-0.3, -0.25) is 9.59 Å². The Balaban J connectivity index is 2.76. The van der Waals surface area contributed by atoms with Gasteiger partial charge in [0.2, 0.25) is 0 Å². The molecule has 1 amide bonds. The first-order chi connectivity index (χ1) is 13.3. The van der Waals surface area contributed by atoms with Crippen LogP contribution < -0.4 is 9.47 Å². The van der Waals surface area contributed by atoms with E-state index >= 15 is 0 Å². The molecule has 0 aliphatic carbocycles. The molecule has 0 spiro atoms. The number of aryl methyl sites for hydroxylation is 1. The zero-order chi connectivity index (χ0) is 21.0. The monoisotopic (exact) mass is 388 g/mol.